The number of alkyl halides is 1. The zero-order valence-corrected chi connectivity index (χ0v) is 20.3. The molecule has 0 saturated heterocycles. The van der Waals surface area contributed by atoms with Gasteiger partial charge in [-0.1, -0.05) is 0 Å². The van der Waals surface area contributed by atoms with Crippen molar-refractivity contribution >= 4 is 33.8 Å². The molecule has 2 aliphatic carbocycles. The van der Waals surface area contributed by atoms with Crippen LogP contribution >= 0.6 is 0 Å². The number of amides is 1. The predicted molar refractivity (Wildman–Crippen MR) is 135 cm³/mol. The quantitative estimate of drug-likeness (QED) is 0.384. The van der Waals surface area contributed by atoms with Gasteiger partial charge in [0.05, 0.1) is 28.8 Å². The summed E-state index contributed by atoms with van der Waals surface area (Å²) in [6, 6.07) is 5.93. The number of halogens is 2. The van der Waals surface area contributed by atoms with E-state index in [1.807, 2.05) is 24.1 Å². The first-order valence-electron chi connectivity index (χ1n) is 12.4. The van der Waals surface area contributed by atoms with Gasteiger partial charge in [0.2, 0.25) is 5.91 Å². The normalized spacial score (nSPS) is 23.8. The van der Waals surface area contributed by atoms with E-state index >= 15 is 4.39 Å². The molecule has 0 unspecified atom stereocenters. The minimum absolute atomic E-state index is 0.219. The van der Waals surface area contributed by atoms with E-state index in [0.717, 1.165) is 47.7 Å². The molecule has 4 aromatic rings. The van der Waals surface area contributed by atoms with E-state index < -0.39 is 12.1 Å². The number of pyridine rings is 1. The van der Waals surface area contributed by atoms with E-state index in [0.29, 0.717) is 22.6 Å². The summed E-state index contributed by atoms with van der Waals surface area (Å²) in [6.45, 7) is 1.79. The molecule has 10 heteroatoms. The zero-order valence-electron chi connectivity index (χ0n) is 20.3. The summed E-state index contributed by atoms with van der Waals surface area (Å²) in [7, 11) is 1.94. The lowest BCUT2D eigenvalue weighted by Crippen LogP contribution is -2.39. The Morgan fingerprint density at radius 1 is 1.28 bits per heavy atom. The summed E-state index contributed by atoms with van der Waals surface area (Å²) in [5.41, 5.74) is 10.1. The number of nitrogens with zero attached hydrogens (tertiary/aromatic N) is 4. The summed E-state index contributed by atoms with van der Waals surface area (Å²) >= 11 is 0. The molecule has 2 fully saturated rings. The fourth-order valence-corrected chi connectivity index (χ4v) is 5.50. The van der Waals surface area contributed by atoms with Crippen LogP contribution < -0.4 is 16.0 Å². The topological polar surface area (TPSA) is 104 Å². The summed E-state index contributed by atoms with van der Waals surface area (Å²) in [5, 5.41) is 15.2. The molecule has 0 spiro atoms. The number of nitrogens with one attached hydrogen (secondary N) is 2. The Bertz CT molecular complexity index is 1470. The number of nitrogens with two attached hydrogens (primary N) is 1. The molecule has 2 atom stereocenters. The molecule has 6 rings (SSSR count). The van der Waals surface area contributed by atoms with Gasteiger partial charge in [0, 0.05) is 36.8 Å². The molecule has 3 aromatic heterocycles. The maximum absolute atomic E-state index is 16.0. The van der Waals surface area contributed by atoms with Crippen molar-refractivity contribution in [1.82, 2.24) is 19.8 Å². The van der Waals surface area contributed by atoms with Gasteiger partial charge in [-0.3, -0.25) is 9.89 Å². The Kier molecular flexibility index (Phi) is 5.44. The number of hydrogen-bond donors (Lipinski definition) is 3. The van der Waals surface area contributed by atoms with Gasteiger partial charge in [0.25, 0.3) is 0 Å². The number of anilines is 2. The summed E-state index contributed by atoms with van der Waals surface area (Å²) in [5.74, 6) is -0.862. The van der Waals surface area contributed by atoms with Gasteiger partial charge in [-0.25, -0.2) is 13.3 Å². The van der Waals surface area contributed by atoms with Crippen molar-refractivity contribution < 1.29 is 13.6 Å². The molecular weight excluding hydrogens is 464 g/mol. The lowest BCUT2D eigenvalue weighted by molar-refractivity contribution is -0.117. The molecule has 36 heavy (non-hydrogen) atoms. The minimum Gasteiger partial charge on any atom is -0.367 e. The van der Waals surface area contributed by atoms with Crippen LogP contribution in [0.5, 0.6) is 0 Å². The summed E-state index contributed by atoms with van der Waals surface area (Å²) in [6.07, 6.45) is 6.42. The van der Waals surface area contributed by atoms with E-state index in [4.69, 9.17) is 5.73 Å². The third kappa shape index (κ3) is 3.80. The van der Waals surface area contributed by atoms with Crippen LogP contribution in [-0.2, 0) is 4.79 Å². The summed E-state index contributed by atoms with van der Waals surface area (Å²) in [4.78, 5) is 14.1. The number of hydrogen-bond acceptors (Lipinski definition) is 5. The first-order chi connectivity index (χ1) is 17.3. The molecule has 1 aromatic carbocycles. The smallest absolute Gasteiger partial charge is 0.231 e. The Morgan fingerprint density at radius 3 is 2.75 bits per heavy atom. The second-order valence-corrected chi connectivity index (χ2v) is 10.2. The van der Waals surface area contributed by atoms with E-state index in [1.165, 1.54) is 0 Å². The van der Waals surface area contributed by atoms with Gasteiger partial charge in [-0.2, -0.15) is 10.2 Å². The number of carbonyl (C=O) groups is 1. The first-order valence-corrected chi connectivity index (χ1v) is 12.4. The van der Waals surface area contributed by atoms with Gasteiger partial charge < -0.3 is 16.0 Å². The second kappa shape index (κ2) is 8.55. The number of aromatic nitrogens is 4. The lowest BCUT2D eigenvalue weighted by atomic mass is 9.90. The Morgan fingerprint density at radius 2 is 2.03 bits per heavy atom. The fourth-order valence-electron chi connectivity index (χ4n) is 5.50. The van der Waals surface area contributed by atoms with Crippen molar-refractivity contribution in [3.05, 3.63) is 42.0 Å². The highest BCUT2D eigenvalue weighted by Gasteiger charge is 2.43. The Hall–Kier alpha value is -3.53. The molecule has 4 N–H and O–H groups in total. The number of fused-ring (bicyclic) bond motifs is 2. The van der Waals surface area contributed by atoms with Crippen molar-refractivity contribution in [3.8, 4) is 11.1 Å². The molecule has 188 valence electrons. The summed E-state index contributed by atoms with van der Waals surface area (Å²) < 4.78 is 30.8. The van der Waals surface area contributed by atoms with Crippen LogP contribution in [-0.4, -0.2) is 51.0 Å². The van der Waals surface area contributed by atoms with Crippen LogP contribution in [0.15, 0.2) is 30.6 Å². The molecular formula is C26H29F2N7O. The third-order valence-electron chi connectivity index (χ3n) is 7.75. The van der Waals surface area contributed by atoms with Gasteiger partial charge in [-0.05, 0) is 67.9 Å². The maximum atomic E-state index is 16.0. The van der Waals surface area contributed by atoms with Crippen molar-refractivity contribution in [3.63, 3.8) is 0 Å². The molecule has 0 aliphatic heterocycles. The largest absolute Gasteiger partial charge is 0.367 e. The predicted octanol–water partition coefficient (Wildman–Crippen LogP) is 4.33. The van der Waals surface area contributed by atoms with Gasteiger partial charge in [0.15, 0.2) is 11.6 Å². The van der Waals surface area contributed by atoms with Crippen LogP contribution in [0.2, 0.25) is 0 Å². The van der Waals surface area contributed by atoms with Gasteiger partial charge >= 0.3 is 0 Å². The van der Waals surface area contributed by atoms with Gasteiger partial charge in [0.1, 0.15) is 6.17 Å². The zero-order chi connectivity index (χ0) is 25.1. The highest BCUT2D eigenvalue weighted by molar-refractivity contribution is 6.03. The molecule has 2 aliphatic rings. The highest BCUT2D eigenvalue weighted by atomic mass is 19.1. The van der Waals surface area contributed by atoms with E-state index in [9.17, 15) is 9.18 Å². The van der Waals surface area contributed by atoms with Crippen LogP contribution in [0.3, 0.4) is 0 Å². The molecule has 3 heterocycles. The SMILES string of the molecule is Cc1c(F)c(N(C)C2CCC(N)CC2)c2[nH]ncc2c1-c1ccn2nc(NC(=O)[C@@H]3C[C@@H]3F)cc2c1. The molecule has 8 nitrogen and oxygen atoms in total. The Labute approximate surface area is 206 Å². The molecule has 1 amide bonds. The molecule has 0 bridgehead atoms. The minimum atomic E-state index is -1.07. The fraction of sp³-hybridized carbons (Fsp3) is 0.423. The Balaban J connectivity index is 1.37. The third-order valence-corrected chi connectivity index (χ3v) is 7.75. The van der Waals surface area contributed by atoms with Crippen LogP contribution in [0.25, 0.3) is 27.5 Å². The second-order valence-electron chi connectivity index (χ2n) is 10.2. The van der Waals surface area contributed by atoms with Crippen LogP contribution in [0.4, 0.5) is 20.3 Å². The molecule has 2 saturated carbocycles. The van der Waals surface area contributed by atoms with E-state index in [-0.39, 0.29) is 30.2 Å². The number of rotatable bonds is 5. The average molecular weight is 494 g/mol. The lowest BCUT2D eigenvalue weighted by Gasteiger charge is -2.35. The van der Waals surface area contributed by atoms with Crippen molar-refractivity contribution in [2.75, 3.05) is 17.3 Å². The van der Waals surface area contributed by atoms with Crippen LogP contribution in [0, 0.1) is 18.7 Å². The average Bonchev–Trinajstić information content (AvgIpc) is 3.22. The molecule has 0 radical (unpaired) electrons. The highest BCUT2D eigenvalue weighted by Crippen LogP contribution is 2.41. The van der Waals surface area contributed by atoms with E-state index in [2.05, 4.69) is 20.6 Å². The van der Waals surface area contributed by atoms with Crippen molar-refractivity contribution in [2.24, 2.45) is 11.7 Å². The first kappa shape index (κ1) is 22.9. The number of H-pyrrole nitrogens is 1. The van der Waals surface area contributed by atoms with E-state index in [1.54, 1.807) is 29.9 Å². The number of benzene rings is 1. The van der Waals surface area contributed by atoms with Crippen molar-refractivity contribution in [2.45, 2.75) is 57.3 Å². The standard InChI is InChI=1S/C26H29F2N7O/c1-13-22(14-7-8-35-17(9-14)10-21(33-35)31-26(36)18-11-20(18)27)19-12-30-32-24(19)25(23(13)28)34(2)16-5-3-15(29)4-6-16/h7-10,12,15-16,18,20H,3-6,11,29H2,1-2H3,(H,30,32)(H,31,33,36)/t15?,16?,18-,20+/m1/s1. The van der Waals surface area contributed by atoms with Crippen LogP contribution in [0.1, 0.15) is 37.7 Å². The number of carbonyl (C=O) groups excluding carboxylic acids is 1. The monoisotopic (exact) mass is 493 g/mol. The van der Waals surface area contributed by atoms with Gasteiger partial charge in [-0.15, -0.1) is 0 Å². The maximum Gasteiger partial charge on any atom is 0.231 e. The number of aromatic amines is 1. The van der Waals surface area contributed by atoms with Crippen molar-refractivity contribution in [1.29, 1.82) is 0 Å².